The molecule has 1 N–H and O–H groups in total. The third-order valence-corrected chi connectivity index (χ3v) is 4.31. The van der Waals surface area contributed by atoms with Crippen LogP contribution in [0.15, 0.2) is 35.2 Å². The molecule has 0 aliphatic heterocycles. The maximum absolute atomic E-state index is 12.2. The molecule has 0 fully saturated rings. The highest BCUT2D eigenvalue weighted by Gasteiger charge is 2.23. The molecule has 1 aromatic carbocycles. The second-order valence-electron chi connectivity index (χ2n) is 4.00. The Morgan fingerprint density at radius 1 is 1.24 bits per heavy atom. The van der Waals surface area contributed by atoms with Crippen molar-refractivity contribution >= 4 is 33.1 Å². The fraction of sp³-hybridized carbons (Fsp3) is 0.0909. The number of hydrogen-bond acceptors (Lipinski definition) is 6. The van der Waals surface area contributed by atoms with Crippen LogP contribution >= 0.6 is 11.6 Å². The fourth-order valence-electron chi connectivity index (χ4n) is 1.65. The Balaban J connectivity index is 2.42. The van der Waals surface area contributed by atoms with Gasteiger partial charge in [0.25, 0.3) is 15.7 Å². The maximum Gasteiger partial charge on any atom is 0.273 e. The number of nitro groups is 1. The molecule has 0 atom stereocenters. The van der Waals surface area contributed by atoms with Crippen molar-refractivity contribution in [2.75, 3.05) is 4.72 Å². The van der Waals surface area contributed by atoms with Crippen LogP contribution in [0.25, 0.3) is 0 Å². The van der Waals surface area contributed by atoms with E-state index in [1.54, 1.807) is 0 Å². The normalized spacial score (nSPS) is 11.1. The number of sulfonamides is 1. The lowest BCUT2D eigenvalue weighted by molar-refractivity contribution is -0.385. The molecule has 8 nitrogen and oxygen atoms in total. The second kappa shape index (κ2) is 5.62. The van der Waals surface area contributed by atoms with Gasteiger partial charge in [0, 0.05) is 11.6 Å². The molecule has 0 saturated carbocycles. The molecule has 110 valence electrons. The molecule has 0 aliphatic rings. The van der Waals surface area contributed by atoms with E-state index >= 15 is 0 Å². The van der Waals surface area contributed by atoms with Crippen molar-refractivity contribution in [3.8, 4) is 0 Å². The van der Waals surface area contributed by atoms with Crippen LogP contribution in [0.2, 0.25) is 5.15 Å². The Bertz CT molecular complexity index is 792. The van der Waals surface area contributed by atoms with Crippen LogP contribution in [-0.2, 0) is 10.0 Å². The van der Waals surface area contributed by atoms with E-state index in [1.165, 1.54) is 37.3 Å². The summed E-state index contributed by atoms with van der Waals surface area (Å²) in [5.41, 5.74) is -0.239. The summed E-state index contributed by atoms with van der Waals surface area (Å²) < 4.78 is 26.7. The van der Waals surface area contributed by atoms with E-state index < -0.39 is 14.9 Å². The third kappa shape index (κ3) is 3.26. The molecule has 0 unspecified atom stereocenters. The topological polar surface area (TPSA) is 115 Å². The van der Waals surface area contributed by atoms with E-state index in [1.807, 2.05) is 0 Å². The van der Waals surface area contributed by atoms with Crippen molar-refractivity contribution in [3.05, 3.63) is 51.2 Å². The van der Waals surface area contributed by atoms with Gasteiger partial charge in [-0.05, 0) is 25.1 Å². The Kier molecular flexibility index (Phi) is 4.05. The van der Waals surface area contributed by atoms with Gasteiger partial charge in [-0.2, -0.15) is 0 Å². The molecule has 0 aliphatic carbocycles. The largest absolute Gasteiger partial charge is 0.273 e. The van der Waals surface area contributed by atoms with Gasteiger partial charge in [0.2, 0.25) is 0 Å². The lowest BCUT2D eigenvalue weighted by atomic mass is 10.2. The number of aromatic nitrogens is 2. The smallest absolute Gasteiger partial charge is 0.262 e. The highest BCUT2D eigenvalue weighted by molar-refractivity contribution is 7.92. The standard InChI is InChI=1S/C11H9ClN4O4S/c1-7-8(16(17)18)3-2-4-9(7)21(19,20)15-11-6-5-10(12)13-14-11/h2-6H,1H3,(H,14,15). The number of anilines is 1. The average molecular weight is 329 g/mol. The molecular formula is C11H9ClN4O4S. The fourth-order valence-corrected chi connectivity index (χ4v) is 3.02. The number of benzene rings is 1. The molecule has 2 rings (SSSR count). The molecular weight excluding hydrogens is 320 g/mol. The predicted molar refractivity (Wildman–Crippen MR) is 75.7 cm³/mol. The Morgan fingerprint density at radius 2 is 1.95 bits per heavy atom. The van der Waals surface area contributed by atoms with Crippen LogP contribution in [-0.4, -0.2) is 23.5 Å². The van der Waals surface area contributed by atoms with Crippen LogP contribution in [0.5, 0.6) is 0 Å². The Labute approximate surface area is 125 Å². The van der Waals surface area contributed by atoms with Crippen LogP contribution in [0.1, 0.15) is 5.56 Å². The maximum atomic E-state index is 12.2. The van der Waals surface area contributed by atoms with E-state index in [-0.39, 0.29) is 27.1 Å². The number of nitro benzene ring substituents is 1. The second-order valence-corrected chi connectivity index (χ2v) is 6.04. The number of rotatable bonds is 4. The van der Waals surface area contributed by atoms with Gasteiger partial charge in [-0.1, -0.05) is 17.7 Å². The van der Waals surface area contributed by atoms with Crippen molar-refractivity contribution in [1.29, 1.82) is 0 Å². The number of nitrogens with zero attached hydrogens (tertiary/aromatic N) is 3. The molecule has 0 amide bonds. The van der Waals surface area contributed by atoms with Crippen LogP contribution in [0.3, 0.4) is 0 Å². The highest BCUT2D eigenvalue weighted by Crippen LogP contribution is 2.25. The first-order valence-corrected chi connectivity index (χ1v) is 7.43. The molecule has 0 saturated heterocycles. The molecule has 0 radical (unpaired) electrons. The lowest BCUT2D eigenvalue weighted by Crippen LogP contribution is -2.16. The van der Waals surface area contributed by atoms with E-state index in [9.17, 15) is 18.5 Å². The zero-order chi connectivity index (χ0) is 15.6. The zero-order valence-corrected chi connectivity index (χ0v) is 12.2. The van der Waals surface area contributed by atoms with E-state index in [4.69, 9.17) is 11.6 Å². The van der Waals surface area contributed by atoms with Crippen molar-refractivity contribution in [2.45, 2.75) is 11.8 Å². The summed E-state index contributed by atoms with van der Waals surface area (Å²) >= 11 is 5.55. The molecule has 21 heavy (non-hydrogen) atoms. The molecule has 1 aromatic heterocycles. The summed E-state index contributed by atoms with van der Waals surface area (Å²) in [6, 6.07) is 6.50. The highest BCUT2D eigenvalue weighted by atomic mass is 35.5. The van der Waals surface area contributed by atoms with Gasteiger partial charge < -0.3 is 0 Å². The first kappa shape index (κ1) is 15.1. The minimum Gasteiger partial charge on any atom is -0.262 e. The zero-order valence-electron chi connectivity index (χ0n) is 10.6. The minimum atomic E-state index is -4.01. The monoisotopic (exact) mass is 328 g/mol. The first-order chi connectivity index (χ1) is 9.81. The van der Waals surface area contributed by atoms with Crippen LogP contribution < -0.4 is 4.72 Å². The van der Waals surface area contributed by atoms with Crippen molar-refractivity contribution in [2.24, 2.45) is 0 Å². The van der Waals surface area contributed by atoms with Gasteiger partial charge in [-0.15, -0.1) is 10.2 Å². The number of nitrogens with one attached hydrogen (secondary N) is 1. The molecule has 1 heterocycles. The summed E-state index contributed by atoms with van der Waals surface area (Å²) in [5, 5.41) is 18.0. The summed E-state index contributed by atoms with van der Waals surface area (Å²) in [7, 11) is -4.01. The van der Waals surface area contributed by atoms with Crippen molar-refractivity contribution in [3.63, 3.8) is 0 Å². The van der Waals surface area contributed by atoms with Crippen molar-refractivity contribution in [1.82, 2.24) is 10.2 Å². The van der Waals surface area contributed by atoms with Crippen LogP contribution in [0, 0.1) is 17.0 Å². The average Bonchev–Trinajstić information content (AvgIpc) is 2.41. The molecule has 10 heteroatoms. The van der Waals surface area contributed by atoms with Gasteiger partial charge >= 0.3 is 0 Å². The van der Waals surface area contributed by atoms with E-state index in [0.717, 1.165) is 0 Å². The first-order valence-electron chi connectivity index (χ1n) is 5.57. The quantitative estimate of drug-likeness (QED) is 0.679. The minimum absolute atomic E-state index is 0.0368. The summed E-state index contributed by atoms with van der Waals surface area (Å²) in [6.07, 6.45) is 0. The summed E-state index contributed by atoms with van der Waals surface area (Å²) in [5.74, 6) is -0.0368. The molecule has 2 aromatic rings. The van der Waals surface area contributed by atoms with Crippen molar-refractivity contribution < 1.29 is 13.3 Å². The van der Waals surface area contributed by atoms with E-state index in [0.29, 0.717) is 0 Å². The Morgan fingerprint density at radius 3 is 2.52 bits per heavy atom. The Hall–Kier alpha value is -2.26. The van der Waals surface area contributed by atoms with Gasteiger partial charge in [0.05, 0.1) is 9.82 Å². The lowest BCUT2D eigenvalue weighted by Gasteiger charge is -2.09. The molecule has 0 spiro atoms. The summed E-state index contributed by atoms with van der Waals surface area (Å²) in [4.78, 5) is 10.0. The SMILES string of the molecule is Cc1c([N+](=O)[O-])cccc1S(=O)(=O)Nc1ccc(Cl)nn1. The van der Waals surface area contributed by atoms with Gasteiger partial charge in [-0.3, -0.25) is 14.8 Å². The van der Waals surface area contributed by atoms with Gasteiger partial charge in [0.15, 0.2) is 11.0 Å². The summed E-state index contributed by atoms with van der Waals surface area (Å²) in [6.45, 7) is 1.36. The predicted octanol–water partition coefficient (Wildman–Crippen LogP) is 2.15. The number of halogens is 1. The van der Waals surface area contributed by atoms with Crippen LogP contribution in [0.4, 0.5) is 11.5 Å². The van der Waals surface area contributed by atoms with Gasteiger partial charge in [0.1, 0.15) is 0 Å². The third-order valence-electron chi connectivity index (χ3n) is 2.61. The van der Waals surface area contributed by atoms with Gasteiger partial charge in [-0.25, -0.2) is 8.42 Å². The molecule has 0 bridgehead atoms. The number of hydrogen-bond donors (Lipinski definition) is 1. The van der Waals surface area contributed by atoms with E-state index in [2.05, 4.69) is 14.9 Å².